The molecule has 0 aromatic carbocycles. The summed E-state index contributed by atoms with van der Waals surface area (Å²) in [5.41, 5.74) is 9.41. The molecule has 2 heterocycles. The molecule has 14 heavy (non-hydrogen) atoms. The van der Waals surface area contributed by atoms with E-state index in [2.05, 4.69) is 9.97 Å². The molecule has 0 unspecified atom stereocenters. The Morgan fingerprint density at radius 2 is 2.14 bits per heavy atom. The fraction of sp³-hybridized carbons (Fsp3) is 0.0909. The van der Waals surface area contributed by atoms with E-state index < -0.39 is 0 Å². The molecule has 2 rings (SSSR count). The summed E-state index contributed by atoms with van der Waals surface area (Å²) in [7, 11) is 0. The van der Waals surface area contributed by atoms with Crippen LogP contribution in [0.3, 0.4) is 0 Å². The quantitative estimate of drug-likeness (QED) is 0.739. The second kappa shape index (κ2) is 3.46. The Morgan fingerprint density at radius 1 is 1.29 bits per heavy atom. The maximum absolute atomic E-state index is 5.68. The van der Waals surface area contributed by atoms with E-state index in [0.717, 1.165) is 16.8 Å². The van der Waals surface area contributed by atoms with Gasteiger partial charge in [-0.3, -0.25) is 9.97 Å². The molecule has 0 amide bonds. The lowest BCUT2D eigenvalue weighted by molar-refractivity contribution is 1.20. The second-order valence-corrected chi connectivity index (χ2v) is 3.14. The highest BCUT2D eigenvalue weighted by molar-refractivity contribution is 5.67. The van der Waals surface area contributed by atoms with Crippen LogP contribution < -0.4 is 5.73 Å². The van der Waals surface area contributed by atoms with Gasteiger partial charge in [0.2, 0.25) is 0 Å². The molecule has 0 bridgehead atoms. The molecular weight excluding hydrogens is 174 g/mol. The van der Waals surface area contributed by atoms with E-state index in [1.807, 2.05) is 31.3 Å². The predicted octanol–water partition coefficient (Wildman–Crippen LogP) is 2.03. The van der Waals surface area contributed by atoms with Gasteiger partial charge < -0.3 is 5.73 Å². The van der Waals surface area contributed by atoms with E-state index in [1.54, 1.807) is 12.4 Å². The molecule has 0 radical (unpaired) electrons. The molecule has 2 N–H and O–H groups in total. The summed E-state index contributed by atoms with van der Waals surface area (Å²) in [5.74, 6) is 0. The van der Waals surface area contributed by atoms with Gasteiger partial charge in [-0.1, -0.05) is 6.07 Å². The minimum Gasteiger partial charge on any atom is -0.397 e. The third-order valence-corrected chi connectivity index (χ3v) is 2.08. The second-order valence-electron chi connectivity index (χ2n) is 3.14. The van der Waals surface area contributed by atoms with Crippen LogP contribution in [-0.2, 0) is 0 Å². The fourth-order valence-corrected chi connectivity index (χ4v) is 1.36. The van der Waals surface area contributed by atoms with Crippen LogP contribution in [0.15, 0.2) is 36.8 Å². The van der Waals surface area contributed by atoms with Gasteiger partial charge in [0.25, 0.3) is 0 Å². The molecule has 2 aromatic rings. The van der Waals surface area contributed by atoms with Crippen molar-refractivity contribution >= 4 is 5.69 Å². The molecule has 0 saturated carbocycles. The first-order chi connectivity index (χ1) is 6.77. The van der Waals surface area contributed by atoms with E-state index in [9.17, 15) is 0 Å². The normalized spacial score (nSPS) is 10.1. The van der Waals surface area contributed by atoms with Gasteiger partial charge >= 0.3 is 0 Å². The Morgan fingerprint density at radius 3 is 2.86 bits per heavy atom. The van der Waals surface area contributed by atoms with Crippen LogP contribution in [0, 0.1) is 6.92 Å². The number of nitrogens with two attached hydrogens (primary N) is 1. The van der Waals surface area contributed by atoms with E-state index in [4.69, 9.17) is 5.73 Å². The number of nitrogen functional groups attached to an aromatic ring is 1. The lowest BCUT2D eigenvalue weighted by atomic mass is 10.1. The van der Waals surface area contributed by atoms with Crippen molar-refractivity contribution in [2.24, 2.45) is 0 Å². The zero-order valence-corrected chi connectivity index (χ0v) is 7.94. The molecule has 3 heteroatoms. The topological polar surface area (TPSA) is 51.8 Å². The lowest BCUT2D eigenvalue weighted by Crippen LogP contribution is -1.92. The molecule has 0 fully saturated rings. The molecule has 0 aliphatic rings. The first kappa shape index (κ1) is 8.69. The van der Waals surface area contributed by atoms with Gasteiger partial charge in [-0.15, -0.1) is 0 Å². The summed E-state index contributed by atoms with van der Waals surface area (Å²) in [6, 6.07) is 5.81. The minimum absolute atomic E-state index is 0.675. The number of hydrogen-bond acceptors (Lipinski definition) is 3. The van der Waals surface area contributed by atoms with Gasteiger partial charge in [0.1, 0.15) is 0 Å². The highest BCUT2D eigenvalue weighted by Crippen LogP contribution is 2.22. The van der Waals surface area contributed by atoms with E-state index in [1.165, 1.54) is 0 Å². The summed E-state index contributed by atoms with van der Waals surface area (Å²) in [4.78, 5) is 8.27. The van der Waals surface area contributed by atoms with Crippen molar-refractivity contribution < 1.29 is 0 Å². The van der Waals surface area contributed by atoms with E-state index >= 15 is 0 Å². The molecule has 2 aromatic heterocycles. The Balaban J connectivity index is 2.57. The van der Waals surface area contributed by atoms with Crippen LogP contribution >= 0.6 is 0 Å². The number of rotatable bonds is 1. The van der Waals surface area contributed by atoms with Crippen LogP contribution in [-0.4, -0.2) is 9.97 Å². The number of pyridine rings is 2. The van der Waals surface area contributed by atoms with Crippen molar-refractivity contribution in [3.05, 3.63) is 42.5 Å². The average molecular weight is 185 g/mol. The van der Waals surface area contributed by atoms with Gasteiger partial charge in [-0.2, -0.15) is 0 Å². The zero-order chi connectivity index (χ0) is 9.97. The van der Waals surface area contributed by atoms with Crippen LogP contribution in [0.2, 0.25) is 0 Å². The SMILES string of the molecule is Cc1ncc(N)cc1-c1cccnc1. The summed E-state index contributed by atoms with van der Waals surface area (Å²) in [6.07, 6.45) is 5.22. The Hall–Kier alpha value is -1.90. The largest absolute Gasteiger partial charge is 0.397 e. The van der Waals surface area contributed by atoms with Crippen molar-refractivity contribution in [3.63, 3.8) is 0 Å². The van der Waals surface area contributed by atoms with E-state index in [0.29, 0.717) is 5.69 Å². The van der Waals surface area contributed by atoms with E-state index in [-0.39, 0.29) is 0 Å². The molecule has 0 aliphatic heterocycles. The maximum atomic E-state index is 5.68. The molecule has 70 valence electrons. The Kier molecular flexibility index (Phi) is 2.14. The van der Waals surface area contributed by atoms with Crippen LogP contribution in [0.25, 0.3) is 11.1 Å². The number of anilines is 1. The third kappa shape index (κ3) is 1.57. The molecule has 0 aliphatic carbocycles. The summed E-state index contributed by atoms with van der Waals surface area (Å²) in [6.45, 7) is 1.96. The Bertz CT molecular complexity index is 438. The third-order valence-electron chi connectivity index (χ3n) is 2.08. The molecule has 0 spiro atoms. The van der Waals surface area contributed by atoms with Gasteiger partial charge in [-0.25, -0.2) is 0 Å². The van der Waals surface area contributed by atoms with Crippen LogP contribution in [0.4, 0.5) is 5.69 Å². The predicted molar refractivity (Wildman–Crippen MR) is 56.6 cm³/mol. The van der Waals surface area contributed by atoms with Crippen molar-refractivity contribution in [2.45, 2.75) is 6.92 Å². The lowest BCUT2D eigenvalue weighted by Gasteiger charge is -2.05. The summed E-state index contributed by atoms with van der Waals surface area (Å²) in [5, 5.41) is 0. The van der Waals surface area contributed by atoms with Gasteiger partial charge in [0.05, 0.1) is 11.9 Å². The highest BCUT2D eigenvalue weighted by atomic mass is 14.7. The number of nitrogens with zero attached hydrogens (tertiary/aromatic N) is 2. The zero-order valence-electron chi connectivity index (χ0n) is 7.94. The first-order valence-corrected chi connectivity index (χ1v) is 4.40. The highest BCUT2D eigenvalue weighted by Gasteiger charge is 2.02. The molecular formula is C11H11N3. The molecule has 3 nitrogen and oxygen atoms in total. The van der Waals surface area contributed by atoms with Crippen molar-refractivity contribution in [1.29, 1.82) is 0 Å². The van der Waals surface area contributed by atoms with Gasteiger partial charge in [-0.05, 0) is 19.1 Å². The molecule has 0 saturated heterocycles. The first-order valence-electron chi connectivity index (χ1n) is 4.40. The van der Waals surface area contributed by atoms with Gasteiger partial charge in [0.15, 0.2) is 0 Å². The number of aromatic nitrogens is 2. The van der Waals surface area contributed by atoms with Crippen molar-refractivity contribution in [1.82, 2.24) is 9.97 Å². The Labute approximate surface area is 82.6 Å². The number of aryl methyl sites for hydroxylation is 1. The van der Waals surface area contributed by atoms with Gasteiger partial charge in [0, 0.05) is 29.2 Å². The smallest absolute Gasteiger partial charge is 0.0507 e. The summed E-state index contributed by atoms with van der Waals surface area (Å²) < 4.78 is 0. The minimum atomic E-state index is 0.675. The summed E-state index contributed by atoms with van der Waals surface area (Å²) >= 11 is 0. The van der Waals surface area contributed by atoms with Crippen molar-refractivity contribution in [2.75, 3.05) is 5.73 Å². The average Bonchev–Trinajstić information content (AvgIpc) is 2.23. The van der Waals surface area contributed by atoms with Crippen molar-refractivity contribution in [3.8, 4) is 11.1 Å². The number of hydrogen-bond donors (Lipinski definition) is 1. The van der Waals surface area contributed by atoms with Crippen LogP contribution in [0.5, 0.6) is 0 Å². The fourth-order valence-electron chi connectivity index (χ4n) is 1.36. The molecule has 0 atom stereocenters. The standard InChI is InChI=1S/C11H11N3/c1-8-11(5-10(12)7-14-8)9-3-2-4-13-6-9/h2-7H,12H2,1H3. The van der Waals surface area contributed by atoms with Crippen LogP contribution in [0.1, 0.15) is 5.69 Å². The monoisotopic (exact) mass is 185 g/mol. The maximum Gasteiger partial charge on any atom is 0.0507 e.